The predicted molar refractivity (Wildman–Crippen MR) is 131 cm³/mol. The number of hydrogen-bond acceptors (Lipinski definition) is 5. The number of halogens is 2. The highest BCUT2D eigenvalue weighted by molar-refractivity contribution is 5.99. The summed E-state index contributed by atoms with van der Waals surface area (Å²) in [6.45, 7) is 0.819. The number of aromatic nitrogens is 1. The average molecular weight is 509 g/mol. The summed E-state index contributed by atoms with van der Waals surface area (Å²) in [6, 6.07) is 12.2. The Kier molecular flexibility index (Phi) is 6.51. The zero-order valence-corrected chi connectivity index (χ0v) is 20.0. The van der Waals surface area contributed by atoms with Crippen molar-refractivity contribution in [3.05, 3.63) is 99.0 Å². The van der Waals surface area contributed by atoms with Gasteiger partial charge >= 0.3 is 0 Å². The number of carbonyl (C=O) groups is 2. The molecule has 2 aliphatic rings. The molecule has 1 aromatic heterocycles. The largest absolute Gasteiger partial charge is 0.483 e. The first-order valence-corrected chi connectivity index (χ1v) is 12.0. The van der Waals surface area contributed by atoms with Crippen LogP contribution in [0.1, 0.15) is 44.8 Å². The molecule has 5 rings (SSSR count). The van der Waals surface area contributed by atoms with Crippen molar-refractivity contribution in [2.24, 2.45) is 5.73 Å². The maximum absolute atomic E-state index is 14.1. The van der Waals surface area contributed by atoms with Crippen molar-refractivity contribution in [3.8, 4) is 5.75 Å². The first-order chi connectivity index (χ1) is 17.8. The van der Waals surface area contributed by atoms with Gasteiger partial charge in [-0.25, -0.2) is 8.78 Å². The van der Waals surface area contributed by atoms with Gasteiger partial charge in [-0.2, -0.15) is 0 Å². The van der Waals surface area contributed by atoms with Gasteiger partial charge in [-0.15, -0.1) is 0 Å². The van der Waals surface area contributed by atoms with Gasteiger partial charge in [0.2, 0.25) is 5.43 Å². The zero-order chi connectivity index (χ0) is 26.2. The molecule has 10 heteroatoms. The fourth-order valence-electron chi connectivity index (χ4n) is 5.09. The number of nitrogens with zero attached hydrogens (tertiary/aromatic N) is 2. The highest BCUT2D eigenvalue weighted by Crippen LogP contribution is 2.37. The van der Waals surface area contributed by atoms with Crippen LogP contribution in [0, 0.1) is 11.6 Å². The lowest BCUT2D eigenvalue weighted by molar-refractivity contribution is 0.0468. The van der Waals surface area contributed by atoms with Gasteiger partial charge in [0.05, 0.1) is 5.54 Å². The van der Waals surface area contributed by atoms with E-state index in [0.29, 0.717) is 19.5 Å². The quantitative estimate of drug-likeness (QED) is 0.510. The van der Waals surface area contributed by atoms with Crippen LogP contribution in [-0.2, 0) is 19.7 Å². The number of benzene rings is 2. The summed E-state index contributed by atoms with van der Waals surface area (Å²) in [6.07, 6.45) is 2.82. The molecule has 2 amide bonds. The number of nitrogens with two attached hydrogens (primary N) is 1. The summed E-state index contributed by atoms with van der Waals surface area (Å²) in [5.74, 6) is -2.90. The number of nitrogens with one attached hydrogen (secondary N) is 1. The van der Waals surface area contributed by atoms with Crippen molar-refractivity contribution in [2.75, 3.05) is 13.1 Å². The topological polar surface area (TPSA) is 107 Å². The van der Waals surface area contributed by atoms with Gasteiger partial charge in [0.1, 0.15) is 23.8 Å². The van der Waals surface area contributed by atoms with Gasteiger partial charge in [0.15, 0.2) is 11.4 Å². The number of hydrogen-bond donors (Lipinski definition) is 2. The SMILES string of the molecule is NC[C@@]12CCCN1C(=O)c1c(OCc3ccccc3)c(=O)c(C(=O)NCc3ccc(F)cc3F)cn1C2. The minimum atomic E-state index is -0.814. The molecule has 0 saturated carbocycles. The Morgan fingerprint density at radius 2 is 1.92 bits per heavy atom. The Balaban J connectivity index is 1.52. The second kappa shape index (κ2) is 9.78. The molecule has 0 bridgehead atoms. The van der Waals surface area contributed by atoms with Crippen molar-refractivity contribution in [3.63, 3.8) is 0 Å². The second-order valence-electron chi connectivity index (χ2n) is 9.36. The molecule has 3 N–H and O–H groups in total. The van der Waals surface area contributed by atoms with Gasteiger partial charge < -0.3 is 25.3 Å². The van der Waals surface area contributed by atoms with Crippen LogP contribution >= 0.6 is 0 Å². The molecule has 3 heterocycles. The summed E-state index contributed by atoms with van der Waals surface area (Å²) in [7, 11) is 0. The maximum Gasteiger partial charge on any atom is 0.275 e. The predicted octanol–water partition coefficient (Wildman–Crippen LogP) is 2.58. The Morgan fingerprint density at radius 3 is 2.65 bits per heavy atom. The lowest BCUT2D eigenvalue weighted by atomic mass is 9.92. The number of pyridine rings is 1. The zero-order valence-electron chi connectivity index (χ0n) is 20.0. The van der Waals surface area contributed by atoms with Gasteiger partial charge in [-0.3, -0.25) is 14.4 Å². The fraction of sp³-hybridized carbons (Fsp3) is 0.296. The Morgan fingerprint density at radius 1 is 1.14 bits per heavy atom. The van der Waals surface area contributed by atoms with Crippen LogP contribution in [0.4, 0.5) is 8.78 Å². The maximum atomic E-state index is 14.1. The monoisotopic (exact) mass is 508 g/mol. The van der Waals surface area contributed by atoms with E-state index in [1.807, 2.05) is 30.3 Å². The molecule has 192 valence electrons. The smallest absolute Gasteiger partial charge is 0.275 e. The van der Waals surface area contributed by atoms with E-state index in [1.54, 1.807) is 9.47 Å². The fourth-order valence-corrected chi connectivity index (χ4v) is 5.09. The Hall–Kier alpha value is -4.05. The molecule has 1 saturated heterocycles. The summed E-state index contributed by atoms with van der Waals surface area (Å²) < 4.78 is 34.7. The first-order valence-electron chi connectivity index (χ1n) is 12.0. The molecular weight excluding hydrogens is 482 g/mol. The average Bonchev–Trinajstić information content (AvgIpc) is 3.33. The van der Waals surface area contributed by atoms with Crippen LogP contribution < -0.4 is 21.2 Å². The molecule has 3 aromatic rings. The second-order valence-corrected chi connectivity index (χ2v) is 9.36. The van der Waals surface area contributed by atoms with Crippen molar-refractivity contribution in [2.45, 2.75) is 38.1 Å². The third-order valence-corrected chi connectivity index (χ3v) is 7.05. The number of carbonyl (C=O) groups excluding carboxylic acids is 2. The minimum absolute atomic E-state index is 0.0181. The third-order valence-electron chi connectivity index (χ3n) is 7.05. The highest BCUT2D eigenvalue weighted by atomic mass is 19.1. The number of rotatable bonds is 7. The lowest BCUT2D eigenvalue weighted by Gasteiger charge is -2.43. The number of amides is 2. The van der Waals surface area contributed by atoms with E-state index < -0.39 is 28.5 Å². The van der Waals surface area contributed by atoms with E-state index in [2.05, 4.69) is 5.32 Å². The van der Waals surface area contributed by atoms with Crippen LogP contribution in [0.15, 0.2) is 59.5 Å². The summed E-state index contributed by atoms with van der Waals surface area (Å²) >= 11 is 0. The van der Waals surface area contributed by atoms with Gasteiger partial charge in [0.25, 0.3) is 11.8 Å². The minimum Gasteiger partial charge on any atom is -0.483 e. The molecule has 37 heavy (non-hydrogen) atoms. The van der Waals surface area contributed by atoms with Gasteiger partial charge in [-0.05, 0) is 24.5 Å². The standard InChI is InChI=1S/C27H26F2N4O4/c28-19-8-7-18(21(29)11-19)12-31-25(35)20-13-32-16-27(15-30)9-4-10-33(27)26(36)22(32)24(23(20)34)37-14-17-5-2-1-3-6-17/h1-3,5-8,11,13H,4,9-10,12,14-16,30H2,(H,31,35)/t27-/m1/s1. The summed E-state index contributed by atoms with van der Waals surface area (Å²) in [5, 5.41) is 2.51. The molecule has 2 aromatic carbocycles. The normalized spacial score (nSPS) is 18.4. The Bertz CT molecular complexity index is 1430. The summed E-state index contributed by atoms with van der Waals surface area (Å²) in [4.78, 5) is 41.9. The molecule has 0 spiro atoms. The summed E-state index contributed by atoms with van der Waals surface area (Å²) in [5.41, 5.74) is 5.41. The van der Waals surface area contributed by atoms with Crippen molar-refractivity contribution >= 4 is 11.8 Å². The molecule has 1 fully saturated rings. The van der Waals surface area contributed by atoms with E-state index in [9.17, 15) is 23.2 Å². The highest BCUT2D eigenvalue weighted by Gasteiger charge is 2.48. The molecule has 8 nitrogen and oxygen atoms in total. The van der Waals surface area contributed by atoms with Crippen LogP contribution in [0.3, 0.4) is 0 Å². The van der Waals surface area contributed by atoms with Crippen LogP contribution in [0.25, 0.3) is 0 Å². The van der Waals surface area contributed by atoms with Crippen LogP contribution in [0.5, 0.6) is 5.75 Å². The Labute approximate surface area is 211 Å². The van der Waals surface area contributed by atoms with Crippen molar-refractivity contribution < 1.29 is 23.1 Å². The van der Waals surface area contributed by atoms with E-state index >= 15 is 0 Å². The van der Waals surface area contributed by atoms with Gasteiger partial charge in [-0.1, -0.05) is 36.4 Å². The molecule has 0 aliphatic carbocycles. The van der Waals surface area contributed by atoms with E-state index in [-0.39, 0.29) is 48.2 Å². The van der Waals surface area contributed by atoms with Crippen molar-refractivity contribution in [1.82, 2.24) is 14.8 Å². The van der Waals surface area contributed by atoms with E-state index in [0.717, 1.165) is 24.1 Å². The molecular formula is C27H26F2N4O4. The molecule has 2 aliphatic heterocycles. The number of ether oxygens (including phenoxy) is 1. The van der Waals surface area contributed by atoms with E-state index in [1.165, 1.54) is 12.3 Å². The third kappa shape index (κ3) is 4.48. The van der Waals surface area contributed by atoms with Gasteiger partial charge in [0, 0.05) is 44.0 Å². The van der Waals surface area contributed by atoms with E-state index in [4.69, 9.17) is 10.5 Å². The molecule has 1 atom stereocenters. The molecule has 0 radical (unpaired) electrons. The number of fused-ring (bicyclic) bond motifs is 2. The first kappa shape index (κ1) is 24.6. The van der Waals surface area contributed by atoms with Crippen LogP contribution in [-0.4, -0.2) is 39.9 Å². The van der Waals surface area contributed by atoms with Crippen molar-refractivity contribution in [1.29, 1.82) is 0 Å². The van der Waals surface area contributed by atoms with Crippen LogP contribution in [0.2, 0.25) is 0 Å². The molecule has 0 unspecified atom stereocenters. The lowest BCUT2D eigenvalue weighted by Crippen LogP contribution is -2.59.